The van der Waals surface area contributed by atoms with Gasteiger partial charge in [0, 0.05) is 10.7 Å². The standard InChI is InChI=1S/C14H15BrClN3O4S/c1-14(2,3)19-7-8(6-17-19)18-24(22,23)9-4-10(13(20)21)12(16)11(15)5-9/h4-7,18H,1-3H3,(H,20,21). The Hall–Kier alpha value is -1.58. The molecule has 10 heteroatoms. The summed E-state index contributed by atoms with van der Waals surface area (Å²) in [7, 11) is -4.00. The molecule has 0 fully saturated rings. The lowest BCUT2D eigenvalue weighted by Crippen LogP contribution is -2.22. The average molecular weight is 437 g/mol. The van der Waals surface area contributed by atoms with E-state index in [0.29, 0.717) is 0 Å². The molecule has 2 aromatic rings. The van der Waals surface area contributed by atoms with Crippen LogP contribution in [0.15, 0.2) is 33.9 Å². The molecular formula is C14H15BrClN3O4S. The quantitative estimate of drug-likeness (QED) is 0.763. The van der Waals surface area contributed by atoms with Crippen molar-refractivity contribution in [3.8, 4) is 0 Å². The molecule has 0 aliphatic rings. The molecule has 1 heterocycles. The van der Waals surface area contributed by atoms with Crippen LogP contribution in [0.2, 0.25) is 5.02 Å². The van der Waals surface area contributed by atoms with Gasteiger partial charge in [-0.05, 0) is 48.8 Å². The number of carbonyl (C=O) groups is 1. The molecule has 24 heavy (non-hydrogen) atoms. The van der Waals surface area contributed by atoms with E-state index in [-0.39, 0.29) is 31.2 Å². The van der Waals surface area contributed by atoms with Crippen molar-refractivity contribution in [1.82, 2.24) is 9.78 Å². The van der Waals surface area contributed by atoms with E-state index < -0.39 is 16.0 Å². The lowest BCUT2D eigenvalue weighted by Gasteiger charge is -2.18. The molecule has 7 nitrogen and oxygen atoms in total. The third kappa shape index (κ3) is 3.90. The Kier molecular flexibility index (Phi) is 4.98. The Morgan fingerprint density at radius 3 is 2.50 bits per heavy atom. The Balaban J connectivity index is 2.41. The fourth-order valence-corrected chi connectivity index (χ4v) is 3.71. The van der Waals surface area contributed by atoms with Crippen molar-refractivity contribution in [2.24, 2.45) is 0 Å². The van der Waals surface area contributed by atoms with Gasteiger partial charge in [-0.3, -0.25) is 9.40 Å². The van der Waals surface area contributed by atoms with Crippen molar-refractivity contribution in [3.63, 3.8) is 0 Å². The number of halogens is 2. The summed E-state index contributed by atoms with van der Waals surface area (Å²) in [4.78, 5) is 11.0. The zero-order valence-electron chi connectivity index (χ0n) is 13.0. The van der Waals surface area contributed by atoms with E-state index in [2.05, 4.69) is 25.8 Å². The van der Waals surface area contributed by atoms with Gasteiger partial charge in [-0.15, -0.1) is 0 Å². The zero-order chi connectivity index (χ0) is 18.3. The molecule has 0 bridgehead atoms. The van der Waals surface area contributed by atoms with E-state index in [1.807, 2.05) is 20.8 Å². The van der Waals surface area contributed by atoms with Gasteiger partial charge in [0.05, 0.1) is 32.9 Å². The van der Waals surface area contributed by atoms with Crippen LogP contribution in [0.5, 0.6) is 0 Å². The number of carboxylic acid groups (broad SMARTS) is 1. The highest BCUT2D eigenvalue weighted by Gasteiger charge is 2.22. The summed E-state index contributed by atoms with van der Waals surface area (Å²) < 4.78 is 29.2. The number of hydrogen-bond donors (Lipinski definition) is 2. The minimum absolute atomic E-state index is 0.0676. The van der Waals surface area contributed by atoms with E-state index in [1.54, 1.807) is 10.9 Å². The number of aromatic nitrogens is 2. The molecule has 0 saturated carbocycles. The summed E-state index contributed by atoms with van der Waals surface area (Å²) in [5.74, 6) is -1.32. The van der Waals surface area contributed by atoms with Crippen LogP contribution in [0.4, 0.5) is 5.69 Å². The highest BCUT2D eigenvalue weighted by Crippen LogP contribution is 2.30. The van der Waals surface area contributed by atoms with Crippen molar-refractivity contribution in [2.45, 2.75) is 31.2 Å². The van der Waals surface area contributed by atoms with Crippen molar-refractivity contribution in [1.29, 1.82) is 0 Å². The first kappa shape index (κ1) is 18.8. The summed E-state index contributed by atoms with van der Waals surface area (Å²) in [5.41, 5.74) is -0.339. The lowest BCUT2D eigenvalue weighted by atomic mass is 10.1. The van der Waals surface area contributed by atoms with Crippen molar-refractivity contribution in [2.75, 3.05) is 4.72 Å². The maximum absolute atomic E-state index is 12.5. The lowest BCUT2D eigenvalue weighted by molar-refractivity contribution is 0.0696. The highest BCUT2D eigenvalue weighted by molar-refractivity contribution is 9.10. The Labute approximate surface area is 152 Å². The average Bonchev–Trinajstić information content (AvgIpc) is 2.88. The monoisotopic (exact) mass is 435 g/mol. The smallest absolute Gasteiger partial charge is 0.337 e. The highest BCUT2D eigenvalue weighted by atomic mass is 79.9. The summed E-state index contributed by atoms with van der Waals surface area (Å²) in [6.45, 7) is 5.77. The van der Waals surface area contributed by atoms with Crippen LogP contribution >= 0.6 is 27.5 Å². The predicted molar refractivity (Wildman–Crippen MR) is 94.1 cm³/mol. The number of aromatic carboxylic acids is 1. The summed E-state index contributed by atoms with van der Waals surface area (Å²) in [6.07, 6.45) is 2.94. The van der Waals surface area contributed by atoms with Gasteiger partial charge in [-0.1, -0.05) is 11.6 Å². The molecule has 0 aliphatic heterocycles. The van der Waals surface area contributed by atoms with Crippen LogP contribution in [0.3, 0.4) is 0 Å². The number of benzene rings is 1. The largest absolute Gasteiger partial charge is 0.478 e. The van der Waals surface area contributed by atoms with Crippen LogP contribution in [-0.2, 0) is 15.6 Å². The van der Waals surface area contributed by atoms with Gasteiger partial charge >= 0.3 is 5.97 Å². The van der Waals surface area contributed by atoms with Crippen LogP contribution in [-0.4, -0.2) is 29.3 Å². The minimum atomic E-state index is -4.00. The third-order valence-corrected chi connectivity index (χ3v) is 5.69. The molecule has 0 unspecified atom stereocenters. The van der Waals surface area contributed by atoms with Crippen molar-refractivity contribution in [3.05, 3.63) is 39.6 Å². The molecule has 2 rings (SSSR count). The summed E-state index contributed by atoms with van der Waals surface area (Å²) in [6, 6.07) is 2.25. The number of carboxylic acids is 1. The van der Waals surface area contributed by atoms with Crippen LogP contribution in [0, 0.1) is 0 Å². The molecule has 1 aromatic heterocycles. The molecule has 130 valence electrons. The molecule has 1 aromatic carbocycles. The van der Waals surface area contributed by atoms with Crippen molar-refractivity contribution < 1.29 is 18.3 Å². The molecule has 0 radical (unpaired) electrons. The van der Waals surface area contributed by atoms with Gasteiger partial charge in [-0.25, -0.2) is 13.2 Å². The maximum Gasteiger partial charge on any atom is 0.337 e. The molecule has 0 spiro atoms. The van der Waals surface area contributed by atoms with E-state index >= 15 is 0 Å². The SMILES string of the molecule is CC(C)(C)n1cc(NS(=O)(=O)c2cc(Br)c(Cl)c(C(=O)O)c2)cn1. The molecule has 0 amide bonds. The number of nitrogens with one attached hydrogen (secondary N) is 1. The second-order valence-corrected chi connectivity index (χ2v) is 8.94. The zero-order valence-corrected chi connectivity index (χ0v) is 16.2. The van der Waals surface area contributed by atoms with Gasteiger partial charge in [-0.2, -0.15) is 5.10 Å². The number of nitrogens with zero attached hydrogens (tertiary/aromatic N) is 2. The molecular weight excluding hydrogens is 422 g/mol. The Morgan fingerprint density at radius 2 is 2.00 bits per heavy atom. The number of hydrogen-bond acceptors (Lipinski definition) is 4. The molecule has 2 N–H and O–H groups in total. The van der Waals surface area contributed by atoms with E-state index in [1.165, 1.54) is 12.3 Å². The number of rotatable bonds is 4. The topological polar surface area (TPSA) is 101 Å². The van der Waals surface area contributed by atoms with Gasteiger partial charge in [0.25, 0.3) is 10.0 Å². The molecule has 0 atom stereocenters. The Morgan fingerprint density at radius 1 is 1.38 bits per heavy atom. The second-order valence-electron chi connectivity index (χ2n) is 6.02. The van der Waals surface area contributed by atoms with Gasteiger partial charge in [0.2, 0.25) is 0 Å². The van der Waals surface area contributed by atoms with E-state index in [0.717, 1.165) is 6.07 Å². The summed E-state index contributed by atoms with van der Waals surface area (Å²) in [5, 5.41) is 13.2. The minimum Gasteiger partial charge on any atom is -0.478 e. The molecule has 0 saturated heterocycles. The number of anilines is 1. The predicted octanol–water partition coefficient (Wildman–Crippen LogP) is 3.55. The van der Waals surface area contributed by atoms with Gasteiger partial charge < -0.3 is 5.11 Å². The Bertz CT molecular complexity index is 903. The summed E-state index contributed by atoms with van der Waals surface area (Å²) >= 11 is 8.94. The normalized spacial score (nSPS) is 12.2. The first-order valence-electron chi connectivity index (χ1n) is 6.72. The third-order valence-electron chi connectivity index (χ3n) is 3.06. The fourth-order valence-electron chi connectivity index (χ4n) is 1.83. The maximum atomic E-state index is 12.5. The van der Waals surface area contributed by atoms with Gasteiger partial charge in [0.1, 0.15) is 0 Å². The number of sulfonamides is 1. The van der Waals surface area contributed by atoms with Crippen LogP contribution in [0.25, 0.3) is 0 Å². The van der Waals surface area contributed by atoms with E-state index in [9.17, 15) is 13.2 Å². The van der Waals surface area contributed by atoms with Crippen LogP contribution < -0.4 is 4.72 Å². The first-order chi connectivity index (χ1) is 10.9. The van der Waals surface area contributed by atoms with Crippen molar-refractivity contribution >= 4 is 49.2 Å². The van der Waals surface area contributed by atoms with E-state index in [4.69, 9.17) is 16.7 Å². The first-order valence-corrected chi connectivity index (χ1v) is 9.37. The molecule has 0 aliphatic carbocycles. The second kappa shape index (κ2) is 6.38. The van der Waals surface area contributed by atoms with Gasteiger partial charge in [0.15, 0.2) is 0 Å². The fraction of sp³-hybridized carbons (Fsp3) is 0.286. The van der Waals surface area contributed by atoms with Crippen LogP contribution in [0.1, 0.15) is 31.1 Å².